The number of nitrogens with zero attached hydrogens (tertiary/aromatic N) is 1. The van der Waals surface area contributed by atoms with Crippen molar-refractivity contribution in [2.24, 2.45) is 5.73 Å². The molecular weight excluding hydrogens is 244 g/mol. The van der Waals surface area contributed by atoms with E-state index in [-0.39, 0.29) is 0 Å². The molecule has 1 heterocycles. The molecule has 90 valence electrons. The van der Waals surface area contributed by atoms with Gasteiger partial charge in [0.2, 0.25) is 10.0 Å². The fourth-order valence-corrected chi connectivity index (χ4v) is 3.62. The molecule has 0 saturated carbocycles. The van der Waals surface area contributed by atoms with Crippen molar-refractivity contribution in [3.8, 4) is 0 Å². The number of rotatable bonds is 5. The first-order chi connectivity index (χ1) is 7.37. The molecule has 16 heavy (non-hydrogen) atoms. The van der Waals surface area contributed by atoms with Crippen LogP contribution < -0.4 is 5.73 Å². The van der Waals surface area contributed by atoms with E-state index in [0.717, 1.165) is 10.5 Å². The van der Waals surface area contributed by atoms with Crippen molar-refractivity contribution >= 4 is 21.4 Å². The van der Waals surface area contributed by atoms with E-state index in [1.165, 1.54) is 15.6 Å². The molecule has 2 N–H and O–H groups in total. The molecule has 0 bridgehead atoms. The SMILES string of the molecule is C=C(C)CN(C)S(=O)(=O)c1csc(CN)c1. The summed E-state index contributed by atoms with van der Waals surface area (Å²) in [5, 5.41) is 1.62. The highest BCUT2D eigenvalue weighted by atomic mass is 32.2. The largest absolute Gasteiger partial charge is 0.326 e. The minimum Gasteiger partial charge on any atom is -0.326 e. The summed E-state index contributed by atoms with van der Waals surface area (Å²) in [6.07, 6.45) is 0. The Kier molecular flexibility index (Phi) is 4.26. The van der Waals surface area contributed by atoms with Crippen LogP contribution in [0.15, 0.2) is 28.5 Å². The standard InChI is InChI=1S/C10H16N2O2S2/c1-8(2)6-12(3)16(13,14)10-4-9(5-11)15-7-10/h4,7H,1,5-6,11H2,2-3H3. The fraction of sp³-hybridized carbons (Fsp3) is 0.400. The van der Waals surface area contributed by atoms with Crippen LogP contribution in [0.25, 0.3) is 0 Å². The van der Waals surface area contributed by atoms with Crippen LogP contribution in [0, 0.1) is 0 Å². The van der Waals surface area contributed by atoms with Gasteiger partial charge < -0.3 is 5.73 Å². The highest BCUT2D eigenvalue weighted by Crippen LogP contribution is 2.21. The highest BCUT2D eigenvalue weighted by Gasteiger charge is 2.21. The average Bonchev–Trinajstić information content (AvgIpc) is 2.65. The van der Waals surface area contributed by atoms with Gasteiger partial charge in [0.15, 0.2) is 0 Å². The molecular formula is C10H16N2O2S2. The van der Waals surface area contributed by atoms with Gasteiger partial charge in [0.25, 0.3) is 0 Å². The lowest BCUT2D eigenvalue weighted by molar-refractivity contribution is 0.493. The Morgan fingerprint density at radius 3 is 2.69 bits per heavy atom. The lowest BCUT2D eigenvalue weighted by Gasteiger charge is -2.15. The number of nitrogens with two attached hydrogens (primary N) is 1. The van der Waals surface area contributed by atoms with Gasteiger partial charge in [0.05, 0.1) is 4.90 Å². The summed E-state index contributed by atoms with van der Waals surface area (Å²) in [5.74, 6) is 0. The van der Waals surface area contributed by atoms with E-state index in [4.69, 9.17) is 5.73 Å². The third-order valence-corrected chi connectivity index (χ3v) is 4.92. The smallest absolute Gasteiger partial charge is 0.243 e. The molecule has 0 unspecified atom stereocenters. The van der Waals surface area contributed by atoms with Gasteiger partial charge in [0.1, 0.15) is 0 Å². The molecule has 1 rings (SSSR count). The Hall–Kier alpha value is -0.690. The molecule has 0 aliphatic rings. The summed E-state index contributed by atoms with van der Waals surface area (Å²) < 4.78 is 25.4. The van der Waals surface area contributed by atoms with Crippen LogP contribution in [0.3, 0.4) is 0 Å². The van der Waals surface area contributed by atoms with Crippen molar-refractivity contribution in [2.45, 2.75) is 18.4 Å². The Morgan fingerprint density at radius 2 is 2.25 bits per heavy atom. The highest BCUT2D eigenvalue weighted by molar-refractivity contribution is 7.89. The normalized spacial score (nSPS) is 12.0. The van der Waals surface area contributed by atoms with E-state index in [0.29, 0.717) is 18.0 Å². The van der Waals surface area contributed by atoms with Crippen LogP contribution in [0.5, 0.6) is 0 Å². The molecule has 1 aromatic heterocycles. The quantitative estimate of drug-likeness (QED) is 0.814. The van der Waals surface area contributed by atoms with Gasteiger partial charge in [-0.15, -0.1) is 11.3 Å². The van der Waals surface area contributed by atoms with Crippen molar-refractivity contribution in [1.82, 2.24) is 4.31 Å². The predicted molar refractivity (Wildman–Crippen MR) is 66.8 cm³/mol. The van der Waals surface area contributed by atoms with Crippen LogP contribution in [0.1, 0.15) is 11.8 Å². The van der Waals surface area contributed by atoms with Crippen molar-refractivity contribution in [1.29, 1.82) is 0 Å². The molecule has 0 amide bonds. The number of hydrogen-bond acceptors (Lipinski definition) is 4. The first kappa shape index (κ1) is 13.4. The summed E-state index contributed by atoms with van der Waals surface area (Å²) in [4.78, 5) is 1.17. The van der Waals surface area contributed by atoms with E-state index in [1.54, 1.807) is 25.4 Å². The first-order valence-corrected chi connectivity index (χ1v) is 7.08. The maximum atomic E-state index is 12.0. The van der Waals surface area contributed by atoms with Gasteiger partial charge in [-0.1, -0.05) is 12.2 Å². The summed E-state index contributed by atoms with van der Waals surface area (Å²) in [6.45, 7) is 6.19. The van der Waals surface area contributed by atoms with E-state index < -0.39 is 10.0 Å². The minimum atomic E-state index is -3.40. The second-order valence-electron chi connectivity index (χ2n) is 3.67. The van der Waals surface area contributed by atoms with Gasteiger partial charge in [0, 0.05) is 30.4 Å². The maximum Gasteiger partial charge on any atom is 0.243 e. The van der Waals surface area contributed by atoms with Crippen molar-refractivity contribution in [2.75, 3.05) is 13.6 Å². The summed E-state index contributed by atoms with van der Waals surface area (Å²) >= 11 is 1.36. The third kappa shape index (κ3) is 2.91. The van der Waals surface area contributed by atoms with Gasteiger partial charge in [-0.05, 0) is 13.0 Å². The van der Waals surface area contributed by atoms with E-state index >= 15 is 0 Å². The van der Waals surface area contributed by atoms with Crippen LogP contribution in [0.2, 0.25) is 0 Å². The number of likely N-dealkylation sites (N-methyl/N-ethyl adjacent to an activating group) is 1. The molecule has 0 aromatic carbocycles. The van der Waals surface area contributed by atoms with E-state index in [9.17, 15) is 8.42 Å². The second-order valence-corrected chi connectivity index (χ2v) is 6.71. The van der Waals surface area contributed by atoms with Crippen LogP contribution in [0.4, 0.5) is 0 Å². The molecule has 0 saturated heterocycles. The molecule has 0 radical (unpaired) electrons. The second kappa shape index (κ2) is 5.09. The minimum absolute atomic E-state index is 0.307. The predicted octanol–water partition coefficient (Wildman–Crippen LogP) is 1.40. The molecule has 1 aromatic rings. The Bertz CT molecular complexity index is 477. The third-order valence-electron chi connectivity index (χ3n) is 2.03. The van der Waals surface area contributed by atoms with Crippen molar-refractivity contribution in [3.05, 3.63) is 28.5 Å². The lowest BCUT2D eigenvalue weighted by Crippen LogP contribution is -2.28. The van der Waals surface area contributed by atoms with Gasteiger partial charge in [-0.3, -0.25) is 0 Å². The Morgan fingerprint density at radius 1 is 1.62 bits per heavy atom. The maximum absolute atomic E-state index is 12.0. The number of thiophene rings is 1. The average molecular weight is 260 g/mol. The zero-order valence-corrected chi connectivity index (χ0v) is 11.1. The molecule has 0 aliphatic carbocycles. The summed E-state index contributed by atoms with van der Waals surface area (Å²) in [7, 11) is -1.85. The van der Waals surface area contributed by atoms with Crippen LogP contribution >= 0.6 is 11.3 Å². The molecule has 4 nitrogen and oxygen atoms in total. The molecule has 0 fully saturated rings. The van der Waals surface area contributed by atoms with Crippen molar-refractivity contribution < 1.29 is 8.42 Å². The zero-order valence-electron chi connectivity index (χ0n) is 9.43. The Labute approximate surface area is 100 Å². The number of hydrogen-bond donors (Lipinski definition) is 1. The van der Waals surface area contributed by atoms with Gasteiger partial charge in [-0.25, -0.2) is 8.42 Å². The molecule has 6 heteroatoms. The van der Waals surface area contributed by atoms with Crippen LogP contribution in [-0.4, -0.2) is 26.3 Å². The summed E-state index contributed by atoms with van der Waals surface area (Å²) in [6, 6.07) is 1.62. The Balaban J connectivity index is 2.97. The lowest BCUT2D eigenvalue weighted by atomic mass is 10.4. The van der Waals surface area contributed by atoms with E-state index in [2.05, 4.69) is 6.58 Å². The first-order valence-electron chi connectivity index (χ1n) is 4.76. The summed E-state index contributed by atoms with van der Waals surface area (Å²) in [5.41, 5.74) is 6.26. The topological polar surface area (TPSA) is 63.4 Å². The number of sulfonamides is 1. The molecule has 0 spiro atoms. The molecule has 0 aliphatic heterocycles. The van der Waals surface area contributed by atoms with Gasteiger partial charge in [-0.2, -0.15) is 4.31 Å². The van der Waals surface area contributed by atoms with Crippen LogP contribution in [-0.2, 0) is 16.6 Å². The van der Waals surface area contributed by atoms with Crippen molar-refractivity contribution in [3.63, 3.8) is 0 Å². The monoisotopic (exact) mass is 260 g/mol. The molecule has 0 atom stereocenters. The zero-order chi connectivity index (χ0) is 12.3. The fourth-order valence-electron chi connectivity index (χ4n) is 1.25. The van der Waals surface area contributed by atoms with E-state index in [1.807, 2.05) is 0 Å². The van der Waals surface area contributed by atoms with Gasteiger partial charge >= 0.3 is 0 Å².